The Morgan fingerprint density at radius 2 is 2.06 bits per heavy atom. The fraction of sp³-hybridized carbons (Fsp3) is 0.467. The Kier molecular flexibility index (Phi) is 3.24. The molecule has 3 atom stereocenters. The molecule has 3 nitrogen and oxygen atoms in total. The van der Waals surface area contributed by atoms with Crippen molar-refractivity contribution in [2.75, 3.05) is 6.54 Å². The van der Waals surface area contributed by atoms with Gasteiger partial charge in [0.1, 0.15) is 6.17 Å². The monoisotopic (exact) mass is 244 g/mol. The van der Waals surface area contributed by atoms with Crippen LogP contribution in [0.4, 0.5) is 0 Å². The Balaban J connectivity index is 1.66. The van der Waals surface area contributed by atoms with E-state index in [4.69, 9.17) is 0 Å². The molecule has 0 radical (unpaired) electrons. The van der Waals surface area contributed by atoms with Gasteiger partial charge in [-0.15, -0.1) is 0 Å². The summed E-state index contributed by atoms with van der Waals surface area (Å²) in [6.07, 6.45) is 7.38. The Labute approximate surface area is 108 Å². The van der Waals surface area contributed by atoms with E-state index in [9.17, 15) is 5.11 Å². The lowest BCUT2D eigenvalue weighted by Crippen LogP contribution is -2.30. The number of hydrogen-bond acceptors (Lipinski definition) is 3. The highest BCUT2D eigenvalue weighted by Gasteiger charge is 2.28. The van der Waals surface area contributed by atoms with Gasteiger partial charge in [0.25, 0.3) is 0 Å². The second kappa shape index (κ2) is 5.02. The Morgan fingerprint density at radius 3 is 2.78 bits per heavy atom. The van der Waals surface area contributed by atoms with Gasteiger partial charge in [0, 0.05) is 18.9 Å². The number of benzene rings is 1. The molecular formula is C15H20N2O. The molecule has 3 rings (SSSR count). The topological polar surface area (TPSA) is 35.5 Å². The summed E-state index contributed by atoms with van der Waals surface area (Å²) < 4.78 is 0. The van der Waals surface area contributed by atoms with Crippen molar-refractivity contribution >= 4 is 0 Å². The molecule has 18 heavy (non-hydrogen) atoms. The number of hydrogen-bond donors (Lipinski definition) is 2. The van der Waals surface area contributed by atoms with Crippen molar-refractivity contribution in [3.8, 4) is 0 Å². The van der Waals surface area contributed by atoms with Crippen molar-refractivity contribution in [1.82, 2.24) is 10.2 Å². The average Bonchev–Trinajstić information content (AvgIpc) is 3.00. The van der Waals surface area contributed by atoms with Crippen LogP contribution >= 0.6 is 0 Å². The molecule has 1 fully saturated rings. The molecule has 1 aliphatic heterocycles. The number of aliphatic hydroxyl groups is 1. The molecule has 0 spiro atoms. The molecule has 1 aliphatic carbocycles. The first-order chi connectivity index (χ1) is 8.83. The van der Waals surface area contributed by atoms with Crippen molar-refractivity contribution in [3.05, 3.63) is 48.3 Å². The third kappa shape index (κ3) is 2.36. The molecule has 0 saturated heterocycles. The van der Waals surface area contributed by atoms with Crippen LogP contribution in [0.15, 0.2) is 42.7 Å². The second-order valence-corrected chi connectivity index (χ2v) is 5.33. The predicted molar refractivity (Wildman–Crippen MR) is 71.5 cm³/mol. The quantitative estimate of drug-likeness (QED) is 0.856. The molecule has 3 unspecified atom stereocenters. The summed E-state index contributed by atoms with van der Waals surface area (Å²) in [6, 6.07) is 10.5. The van der Waals surface area contributed by atoms with Crippen LogP contribution in [0.25, 0.3) is 0 Å². The zero-order chi connectivity index (χ0) is 12.4. The van der Waals surface area contributed by atoms with Crippen LogP contribution in [0.1, 0.15) is 31.0 Å². The molecule has 1 aromatic rings. The van der Waals surface area contributed by atoms with E-state index in [2.05, 4.69) is 40.7 Å². The molecule has 0 bridgehead atoms. The fourth-order valence-corrected chi connectivity index (χ4v) is 3.01. The van der Waals surface area contributed by atoms with Crippen LogP contribution in [0.3, 0.4) is 0 Å². The lowest BCUT2D eigenvalue weighted by atomic mass is 10.1. The molecular weight excluding hydrogens is 224 g/mol. The minimum atomic E-state index is -0.0790. The highest BCUT2D eigenvalue weighted by Crippen LogP contribution is 2.30. The fourth-order valence-electron chi connectivity index (χ4n) is 3.01. The molecule has 0 aromatic heterocycles. The van der Waals surface area contributed by atoms with Crippen molar-refractivity contribution in [1.29, 1.82) is 0 Å². The van der Waals surface area contributed by atoms with E-state index in [-0.39, 0.29) is 12.3 Å². The van der Waals surface area contributed by atoms with Crippen LogP contribution in [-0.4, -0.2) is 22.7 Å². The summed E-state index contributed by atoms with van der Waals surface area (Å²) in [5.74, 6) is 0.621. The van der Waals surface area contributed by atoms with Crippen molar-refractivity contribution in [3.63, 3.8) is 0 Å². The number of nitrogens with one attached hydrogen (secondary N) is 1. The Morgan fingerprint density at radius 1 is 1.22 bits per heavy atom. The van der Waals surface area contributed by atoms with E-state index >= 15 is 0 Å². The number of rotatable bonds is 3. The van der Waals surface area contributed by atoms with Crippen LogP contribution < -0.4 is 5.32 Å². The van der Waals surface area contributed by atoms with Gasteiger partial charge < -0.3 is 15.3 Å². The maximum Gasteiger partial charge on any atom is 0.125 e. The first-order valence-corrected chi connectivity index (χ1v) is 6.74. The van der Waals surface area contributed by atoms with Gasteiger partial charge in [-0.1, -0.05) is 30.3 Å². The van der Waals surface area contributed by atoms with E-state index in [1.165, 1.54) is 5.56 Å². The summed E-state index contributed by atoms with van der Waals surface area (Å²) in [5, 5.41) is 13.0. The van der Waals surface area contributed by atoms with Gasteiger partial charge in [-0.2, -0.15) is 0 Å². The van der Waals surface area contributed by atoms with Gasteiger partial charge in [-0.25, -0.2) is 0 Å². The van der Waals surface area contributed by atoms with Gasteiger partial charge >= 0.3 is 0 Å². The van der Waals surface area contributed by atoms with E-state index in [0.717, 1.165) is 25.8 Å². The summed E-state index contributed by atoms with van der Waals surface area (Å²) in [5.41, 5.74) is 1.29. The number of aliphatic hydroxyl groups excluding tert-OH is 1. The molecule has 2 N–H and O–H groups in total. The third-order valence-corrected chi connectivity index (χ3v) is 3.95. The van der Waals surface area contributed by atoms with E-state index in [1.54, 1.807) is 0 Å². The van der Waals surface area contributed by atoms with Gasteiger partial charge in [-0.3, -0.25) is 0 Å². The van der Waals surface area contributed by atoms with Gasteiger partial charge in [0.2, 0.25) is 0 Å². The van der Waals surface area contributed by atoms with E-state index in [0.29, 0.717) is 5.92 Å². The second-order valence-electron chi connectivity index (χ2n) is 5.33. The molecule has 1 saturated carbocycles. The summed E-state index contributed by atoms with van der Waals surface area (Å²) in [6.45, 7) is 1.03. The van der Waals surface area contributed by atoms with Gasteiger partial charge in [-0.05, 0) is 30.7 Å². The minimum Gasteiger partial charge on any atom is -0.393 e. The van der Waals surface area contributed by atoms with Crippen molar-refractivity contribution in [2.24, 2.45) is 5.92 Å². The zero-order valence-corrected chi connectivity index (χ0v) is 10.5. The maximum atomic E-state index is 9.60. The lowest BCUT2D eigenvalue weighted by molar-refractivity contribution is 0.169. The molecule has 3 heteroatoms. The highest BCUT2D eigenvalue weighted by atomic mass is 16.3. The lowest BCUT2D eigenvalue weighted by Gasteiger charge is -2.28. The first kappa shape index (κ1) is 11.6. The largest absolute Gasteiger partial charge is 0.393 e. The van der Waals surface area contributed by atoms with E-state index < -0.39 is 0 Å². The predicted octanol–water partition coefficient (Wildman–Crippen LogP) is 2.22. The van der Waals surface area contributed by atoms with Crippen molar-refractivity contribution in [2.45, 2.75) is 31.5 Å². The van der Waals surface area contributed by atoms with E-state index in [1.807, 2.05) is 12.3 Å². The first-order valence-electron chi connectivity index (χ1n) is 6.74. The summed E-state index contributed by atoms with van der Waals surface area (Å²) >= 11 is 0. The van der Waals surface area contributed by atoms with Gasteiger partial charge in [0.05, 0.1) is 6.10 Å². The van der Waals surface area contributed by atoms with Crippen molar-refractivity contribution < 1.29 is 5.11 Å². The third-order valence-electron chi connectivity index (χ3n) is 3.95. The molecule has 1 aromatic carbocycles. The molecule has 2 aliphatic rings. The number of nitrogens with zero attached hydrogens (tertiary/aromatic N) is 1. The Bertz CT molecular complexity index is 418. The minimum absolute atomic E-state index is 0.0790. The average molecular weight is 244 g/mol. The Hall–Kier alpha value is -1.48. The molecule has 1 heterocycles. The maximum absolute atomic E-state index is 9.60. The van der Waals surface area contributed by atoms with Crippen LogP contribution in [-0.2, 0) is 0 Å². The molecule has 0 amide bonds. The summed E-state index contributed by atoms with van der Waals surface area (Å²) in [4.78, 5) is 2.35. The van der Waals surface area contributed by atoms with Crippen LogP contribution in [0.2, 0.25) is 0 Å². The standard InChI is InChI=1S/C15H20N2O/c18-14-7-6-12(10-14)11-17-9-8-16-15(17)13-4-2-1-3-5-13/h1-5,8-9,12,14-16,18H,6-7,10-11H2. The van der Waals surface area contributed by atoms with Gasteiger partial charge in [0.15, 0.2) is 0 Å². The normalized spacial score (nSPS) is 30.7. The smallest absolute Gasteiger partial charge is 0.125 e. The zero-order valence-electron chi connectivity index (χ0n) is 10.5. The summed E-state index contributed by atoms with van der Waals surface area (Å²) in [7, 11) is 0. The SMILES string of the molecule is OC1CCC(CN2C=CNC2c2ccccc2)C1. The van der Waals surface area contributed by atoms with Crippen LogP contribution in [0.5, 0.6) is 0 Å². The van der Waals surface area contributed by atoms with Crippen LogP contribution in [0, 0.1) is 5.92 Å². The molecule has 96 valence electrons. The highest BCUT2D eigenvalue weighted by molar-refractivity contribution is 5.21.